The highest BCUT2D eigenvalue weighted by Gasteiger charge is 2.07. The van der Waals surface area contributed by atoms with Crippen LogP contribution in [-0.2, 0) is 0 Å². The predicted octanol–water partition coefficient (Wildman–Crippen LogP) is 5.16. The van der Waals surface area contributed by atoms with Gasteiger partial charge in [0.05, 0.1) is 16.3 Å². The maximum atomic E-state index is 13.1. The molecule has 0 radical (unpaired) electrons. The van der Waals surface area contributed by atoms with Crippen molar-refractivity contribution in [2.45, 2.75) is 0 Å². The normalized spacial score (nSPS) is 11.0. The van der Waals surface area contributed by atoms with Gasteiger partial charge in [-0.2, -0.15) is 5.10 Å². The number of hydrogen-bond donors (Lipinski definition) is 1. The molecule has 3 aromatic rings. The molecule has 4 nitrogen and oxygen atoms in total. The molecule has 0 fully saturated rings. The molecule has 1 aromatic heterocycles. The van der Waals surface area contributed by atoms with Crippen LogP contribution in [0.4, 0.5) is 4.39 Å². The SMILES string of the molecule is O=C(N/N=C\c1ccc(-c2ccc(Cl)c(Cl)c2)o1)c1cccc(F)c1. The summed E-state index contributed by atoms with van der Waals surface area (Å²) in [7, 11) is 0. The largest absolute Gasteiger partial charge is 0.455 e. The third-order valence-electron chi connectivity index (χ3n) is 3.28. The van der Waals surface area contributed by atoms with Crippen molar-refractivity contribution in [1.29, 1.82) is 0 Å². The van der Waals surface area contributed by atoms with E-state index in [2.05, 4.69) is 10.5 Å². The molecular weight excluding hydrogens is 366 g/mol. The number of carbonyl (C=O) groups excluding carboxylic acids is 1. The lowest BCUT2D eigenvalue weighted by molar-refractivity contribution is 0.0954. The van der Waals surface area contributed by atoms with E-state index in [-0.39, 0.29) is 5.56 Å². The second kappa shape index (κ2) is 7.51. The Morgan fingerprint density at radius 2 is 1.92 bits per heavy atom. The first kappa shape index (κ1) is 17.2. The van der Waals surface area contributed by atoms with Crippen molar-refractivity contribution < 1.29 is 13.6 Å². The van der Waals surface area contributed by atoms with Gasteiger partial charge in [0.25, 0.3) is 5.91 Å². The Labute approximate surface area is 152 Å². The highest BCUT2D eigenvalue weighted by Crippen LogP contribution is 2.29. The molecule has 7 heteroatoms. The molecule has 0 saturated heterocycles. The first-order valence-electron chi connectivity index (χ1n) is 7.17. The Morgan fingerprint density at radius 1 is 1.08 bits per heavy atom. The maximum absolute atomic E-state index is 13.1. The number of nitrogens with one attached hydrogen (secondary N) is 1. The van der Waals surface area contributed by atoms with Gasteiger partial charge in [0.1, 0.15) is 17.3 Å². The Morgan fingerprint density at radius 3 is 2.68 bits per heavy atom. The average Bonchev–Trinajstić information content (AvgIpc) is 3.06. The summed E-state index contributed by atoms with van der Waals surface area (Å²) in [5.41, 5.74) is 3.24. The number of rotatable bonds is 4. The van der Waals surface area contributed by atoms with E-state index < -0.39 is 11.7 Å². The standard InChI is InChI=1S/C18H11Cl2FN2O2/c19-15-6-4-11(9-16(15)20)17-7-5-14(25-17)10-22-23-18(24)12-2-1-3-13(21)8-12/h1-10H,(H,23,24)/b22-10-. The van der Waals surface area contributed by atoms with Gasteiger partial charge in [-0.15, -0.1) is 0 Å². The Bertz CT molecular complexity index is 954. The van der Waals surface area contributed by atoms with Crippen LogP contribution >= 0.6 is 23.2 Å². The van der Waals surface area contributed by atoms with Crippen LogP contribution in [0, 0.1) is 5.82 Å². The van der Waals surface area contributed by atoms with Gasteiger partial charge in [0.2, 0.25) is 0 Å². The Kier molecular flexibility index (Phi) is 5.16. The van der Waals surface area contributed by atoms with E-state index >= 15 is 0 Å². The molecule has 0 saturated carbocycles. The van der Waals surface area contributed by atoms with E-state index in [1.165, 1.54) is 24.4 Å². The van der Waals surface area contributed by atoms with Crippen molar-refractivity contribution in [3.05, 3.63) is 81.8 Å². The summed E-state index contributed by atoms with van der Waals surface area (Å²) in [6, 6.07) is 13.9. The summed E-state index contributed by atoms with van der Waals surface area (Å²) >= 11 is 11.9. The fourth-order valence-electron chi connectivity index (χ4n) is 2.08. The Hall–Kier alpha value is -2.63. The van der Waals surface area contributed by atoms with Crippen molar-refractivity contribution in [2.75, 3.05) is 0 Å². The quantitative estimate of drug-likeness (QED) is 0.505. The van der Waals surface area contributed by atoms with Crippen LogP contribution in [0.25, 0.3) is 11.3 Å². The van der Waals surface area contributed by atoms with Gasteiger partial charge < -0.3 is 4.42 Å². The lowest BCUT2D eigenvalue weighted by Gasteiger charge is -2.00. The first-order chi connectivity index (χ1) is 12.0. The zero-order chi connectivity index (χ0) is 17.8. The van der Waals surface area contributed by atoms with Gasteiger partial charge in [-0.1, -0.05) is 29.3 Å². The zero-order valence-electron chi connectivity index (χ0n) is 12.7. The summed E-state index contributed by atoms with van der Waals surface area (Å²) in [5, 5.41) is 4.68. The van der Waals surface area contributed by atoms with E-state index in [0.29, 0.717) is 21.6 Å². The van der Waals surface area contributed by atoms with Gasteiger partial charge in [0.15, 0.2) is 0 Å². The lowest BCUT2D eigenvalue weighted by atomic mass is 10.2. The molecule has 0 atom stereocenters. The van der Waals surface area contributed by atoms with E-state index in [4.69, 9.17) is 27.6 Å². The van der Waals surface area contributed by atoms with Gasteiger partial charge in [-0.25, -0.2) is 9.82 Å². The fraction of sp³-hybridized carbons (Fsp3) is 0. The minimum atomic E-state index is -0.521. The number of benzene rings is 2. The number of amides is 1. The molecule has 1 amide bonds. The first-order valence-corrected chi connectivity index (χ1v) is 7.93. The third kappa shape index (κ3) is 4.26. The van der Waals surface area contributed by atoms with Gasteiger partial charge in [-0.3, -0.25) is 4.79 Å². The number of halogens is 3. The Balaban J connectivity index is 1.67. The molecule has 0 aliphatic carbocycles. The molecule has 1 N–H and O–H groups in total. The third-order valence-corrected chi connectivity index (χ3v) is 4.01. The molecule has 0 aliphatic rings. The molecule has 3 rings (SSSR count). The molecule has 25 heavy (non-hydrogen) atoms. The van der Waals surface area contributed by atoms with Crippen molar-refractivity contribution >= 4 is 35.3 Å². The van der Waals surface area contributed by atoms with Crippen LogP contribution in [0.5, 0.6) is 0 Å². The summed E-state index contributed by atoms with van der Waals surface area (Å²) in [5.74, 6) is -0.00182. The highest BCUT2D eigenvalue weighted by atomic mass is 35.5. The lowest BCUT2D eigenvalue weighted by Crippen LogP contribution is -2.17. The number of hydrazone groups is 1. The van der Waals surface area contributed by atoms with Crippen molar-refractivity contribution in [3.63, 3.8) is 0 Å². The summed E-state index contributed by atoms with van der Waals surface area (Å²) in [6.07, 6.45) is 1.35. The minimum absolute atomic E-state index is 0.174. The van der Waals surface area contributed by atoms with E-state index in [1.807, 2.05) is 0 Å². The summed E-state index contributed by atoms with van der Waals surface area (Å²) < 4.78 is 18.7. The fourth-order valence-corrected chi connectivity index (χ4v) is 2.37. The molecule has 2 aromatic carbocycles. The van der Waals surface area contributed by atoms with E-state index in [9.17, 15) is 9.18 Å². The molecule has 126 valence electrons. The van der Waals surface area contributed by atoms with Crippen molar-refractivity contribution in [3.8, 4) is 11.3 Å². The predicted molar refractivity (Wildman–Crippen MR) is 95.6 cm³/mol. The van der Waals surface area contributed by atoms with Crippen LogP contribution in [0.1, 0.15) is 16.1 Å². The minimum Gasteiger partial charge on any atom is -0.455 e. The zero-order valence-corrected chi connectivity index (χ0v) is 14.2. The number of hydrogen-bond acceptors (Lipinski definition) is 3. The smallest absolute Gasteiger partial charge is 0.271 e. The molecule has 0 aliphatic heterocycles. The van der Waals surface area contributed by atoms with Crippen molar-refractivity contribution in [2.24, 2.45) is 5.10 Å². The molecular formula is C18H11Cl2FN2O2. The second-order valence-corrected chi connectivity index (χ2v) is 5.85. The van der Waals surface area contributed by atoms with Crippen LogP contribution in [0.15, 0.2) is 64.1 Å². The van der Waals surface area contributed by atoms with Gasteiger partial charge in [-0.05, 0) is 48.5 Å². The number of furan rings is 1. The summed E-state index contributed by atoms with van der Waals surface area (Å²) in [6.45, 7) is 0. The highest BCUT2D eigenvalue weighted by molar-refractivity contribution is 6.42. The number of nitrogens with zero attached hydrogens (tertiary/aromatic N) is 1. The summed E-state index contributed by atoms with van der Waals surface area (Å²) in [4.78, 5) is 11.8. The number of carbonyl (C=O) groups is 1. The van der Waals surface area contributed by atoms with Crippen LogP contribution in [0.3, 0.4) is 0 Å². The topological polar surface area (TPSA) is 54.6 Å². The second-order valence-electron chi connectivity index (χ2n) is 5.04. The average molecular weight is 377 g/mol. The molecule has 1 heterocycles. The van der Waals surface area contributed by atoms with Gasteiger partial charge >= 0.3 is 0 Å². The molecule has 0 spiro atoms. The van der Waals surface area contributed by atoms with Crippen LogP contribution in [0.2, 0.25) is 10.0 Å². The molecule has 0 bridgehead atoms. The monoisotopic (exact) mass is 376 g/mol. The van der Waals surface area contributed by atoms with E-state index in [1.54, 1.807) is 30.3 Å². The molecule has 0 unspecified atom stereocenters. The van der Waals surface area contributed by atoms with Gasteiger partial charge in [0, 0.05) is 11.1 Å². The van der Waals surface area contributed by atoms with E-state index in [0.717, 1.165) is 11.6 Å². The van der Waals surface area contributed by atoms with Crippen LogP contribution < -0.4 is 5.43 Å². The maximum Gasteiger partial charge on any atom is 0.271 e. The van der Waals surface area contributed by atoms with Crippen LogP contribution in [-0.4, -0.2) is 12.1 Å². The van der Waals surface area contributed by atoms with Crippen molar-refractivity contribution in [1.82, 2.24) is 5.43 Å².